The van der Waals surface area contributed by atoms with Crippen molar-refractivity contribution in [2.45, 2.75) is 52.7 Å². The number of anilines is 2. The molecule has 8 heteroatoms. The van der Waals surface area contributed by atoms with Gasteiger partial charge in [-0.05, 0) is 59.7 Å². The van der Waals surface area contributed by atoms with E-state index in [1.165, 1.54) is 4.57 Å². The molecule has 1 aromatic carbocycles. The van der Waals surface area contributed by atoms with Crippen molar-refractivity contribution >= 4 is 34.5 Å². The monoisotopic (exact) mass is 417 g/mol. The summed E-state index contributed by atoms with van der Waals surface area (Å²) in [6.07, 6.45) is 0.634. The summed E-state index contributed by atoms with van der Waals surface area (Å²) in [4.78, 5) is 27.3. The standard InChI is InChI=1S/C22H31N3O5/c1-21(2,3)29-19(26)23-17-13-15(24-9-11-28-12-10-24)14-18-16(17)7-8-25(18)20(27)30-22(4,5)6/h7-8,13-14H,9-12H2,1-6H3,(H,23,26). The summed E-state index contributed by atoms with van der Waals surface area (Å²) in [5, 5.41) is 3.56. The predicted octanol–water partition coefficient (Wildman–Crippen LogP) is 4.61. The second-order valence-corrected chi connectivity index (χ2v) is 9.32. The normalized spacial score (nSPS) is 15.2. The Kier molecular flexibility index (Phi) is 5.99. The second-order valence-electron chi connectivity index (χ2n) is 9.32. The van der Waals surface area contributed by atoms with Crippen LogP contribution < -0.4 is 10.2 Å². The minimum absolute atomic E-state index is 0.472. The molecule has 0 unspecified atom stereocenters. The molecule has 1 N–H and O–H groups in total. The number of aromatic nitrogens is 1. The van der Waals surface area contributed by atoms with Crippen molar-refractivity contribution in [1.29, 1.82) is 0 Å². The molecule has 1 aromatic heterocycles. The highest BCUT2D eigenvalue weighted by atomic mass is 16.6. The van der Waals surface area contributed by atoms with E-state index in [1.54, 1.807) is 12.3 Å². The number of benzene rings is 1. The minimum atomic E-state index is -0.618. The molecule has 0 radical (unpaired) electrons. The van der Waals surface area contributed by atoms with E-state index in [9.17, 15) is 9.59 Å². The van der Waals surface area contributed by atoms with Crippen LogP contribution >= 0.6 is 0 Å². The molecule has 0 spiro atoms. The zero-order valence-electron chi connectivity index (χ0n) is 18.6. The largest absolute Gasteiger partial charge is 0.444 e. The van der Waals surface area contributed by atoms with Crippen LogP contribution in [-0.4, -0.2) is 54.3 Å². The number of morpholine rings is 1. The van der Waals surface area contributed by atoms with E-state index >= 15 is 0 Å². The van der Waals surface area contributed by atoms with Gasteiger partial charge in [0.05, 0.1) is 24.4 Å². The lowest BCUT2D eigenvalue weighted by Gasteiger charge is -2.29. The molecule has 1 fully saturated rings. The molecule has 164 valence electrons. The number of carbonyl (C=O) groups excluding carboxylic acids is 2. The topological polar surface area (TPSA) is 82.0 Å². The summed E-state index contributed by atoms with van der Waals surface area (Å²) in [5.41, 5.74) is 0.880. The van der Waals surface area contributed by atoms with Crippen LogP contribution in [0.25, 0.3) is 10.9 Å². The van der Waals surface area contributed by atoms with Gasteiger partial charge >= 0.3 is 12.2 Å². The highest BCUT2D eigenvalue weighted by molar-refractivity contribution is 6.04. The zero-order valence-corrected chi connectivity index (χ0v) is 18.6. The SMILES string of the molecule is CC(C)(C)OC(=O)Nc1cc(N2CCOCC2)cc2c1ccn2C(=O)OC(C)(C)C. The van der Waals surface area contributed by atoms with Crippen LogP contribution in [0.1, 0.15) is 41.5 Å². The van der Waals surface area contributed by atoms with Gasteiger partial charge in [-0.1, -0.05) is 0 Å². The van der Waals surface area contributed by atoms with E-state index in [2.05, 4.69) is 10.2 Å². The number of nitrogens with one attached hydrogen (secondary N) is 1. The summed E-state index contributed by atoms with van der Waals surface area (Å²) in [6.45, 7) is 13.6. The number of amides is 1. The number of rotatable bonds is 2. The van der Waals surface area contributed by atoms with Gasteiger partial charge in [0.25, 0.3) is 0 Å². The molecular formula is C22H31N3O5. The maximum Gasteiger partial charge on any atom is 0.418 e. The van der Waals surface area contributed by atoms with Gasteiger partial charge in [0.15, 0.2) is 0 Å². The molecule has 1 amide bonds. The van der Waals surface area contributed by atoms with Crippen LogP contribution in [0.15, 0.2) is 24.4 Å². The Bertz CT molecular complexity index is 931. The fourth-order valence-corrected chi connectivity index (χ4v) is 3.22. The first-order chi connectivity index (χ1) is 13.9. The third-order valence-corrected chi connectivity index (χ3v) is 4.39. The van der Waals surface area contributed by atoms with Crippen LogP contribution in [0.4, 0.5) is 21.0 Å². The molecule has 2 aromatic rings. The Hall–Kier alpha value is -2.74. The van der Waals surface area contributed by atoms with E-state index < -0.39 is 23.4 Å². The summed E-state index contributed by atoms with van der Waals surface area (Å²) in [7, 11) is 0. The van der Waals surface area contributed by atoms with Gasteiger partial charge in [-0.3, -0.25) is 9.88 Å². The average molecular weight is 418 g/mol. The van der Waals surface area contributed by atoms with Crippen molar-refractivity contribution in [3.63, 3.8) is 0 Å². The van der Waals surface area contributed by atoms with Gasteiger partial charge in [-0.15, -0.1) is 0 Å². The van der Waals surface area contributed by atoms with Gasteiger partial charge in [0.2, 0.25) is 0 Å². The van der Waals surface area contributed by atoms with Gasteiger partial charge < -0.3 is 19.1 Å². The number of carbonyl (C=O) groups is 2. The number of nitrogens with zero attached hydrogens (tertiary/aromatic N) is 2. The Morgan fingerprint density at radius 3 is 2.23 bits per heavy atom. The quantitative estimate of drug-likeness (QED) is 0.769. The molecule has 1 saturated heterocycles. The van der Waals surface area contributed by atoms with Gasteiger partial charge in [0.1, 0.15) is 11.2 Å². The van der Waals surface area contributed by atoms with E-state index in [4.69, 9.17) is 14.2 Å². The van der Waals surface area contributed by atoms with Crippen LogP contribution in [-0.2, 0) is 14.2 Å². The molecule has 30 heavy (non-hydrogen) atoms. The van der Waals surface area contributed by atoms with Crippen LogP contribution in [0, 0.1) is 0 Å². The number of hydrogen-bond donors (Lipinski definition) is 1. The highest BCUT2D eigenvalue weighted by Crippen LogP contribution is 2.32. The maximum absolute atomic E-state index is 12.7. The fourth-order valence-electron chi connectivity index (χ4n) is 3.22. The Balaban J connectivity index is 2.02. The van der Waals surface area contributed by atoms with Crippen molar-refractivity contribution < 1.29 is 23.8 Å². The molecule has 3 rings (SSSR count). The number of hydrogen-bond acceptors (Lipinski definition) is 6. The smallest absolute Gasteiger partial charge is 0.418 e. The van der Waals surface area contributed by atoms with Crippen molar-refractivity contribution in [3.05, 3.63) is 24.4 Å². The van der Waals surface area contributed by atoms with Crippen LogP contribution in [0.2, 0.25) is 0 Å². The minimum Gasteiger partial charge on any atom is -0.444 e. The lowest BCUT2D eigenvalue weighted by molar-refractivity contribution is 0.0543. The number of fused-ring (bicyclic) bond motifs is 1. The van der Waals surface area contributed by atoms with Gasteiger partial charge in [0, 0.05) is 30.4 Å². The van der Waals surface area contributed by atoms with E-state index in [0.717, 1.165) is 24.2 Å². The van der Waals surface area contributed by atoms with Crippen molar-refractivity contribution in [2.75, 3.05) is 36.5 Å². The Morgan fingerprint density at radius 1 is 1.00 bits per heavy atom. The molecule has 1 aliphatic heterocycles. The lowest BCUT2D eigenvalue weighted by atomic mass is 10.1. The summed E-state index contributed by atoms with van der Waals surface area (Å²) >= 11 is 0. The third-order valence-electron chi connectivity index (χ3n) is 4.39. The number of ether oxygens (including phenoxy) is 3. The van der Waals surface area contributed by atoms with E-state index in [1.807, 2.05) is 53.7 Å². The highest BCUT2D eigenvalue weighted by Gasteiger charge is 2.23. The third kappa shape index (κ3) is 5.44. The lowest BCUT2D eigenvalue weighted by Crippen LogP contribution is -2.36. The first-order valence-electron chi connectivity index (χ1n) is 10.1. The van der Waals surface area contributed by atoms with E-state index in [0.29, 0.717) is 24.4 Å². The zero-order chi connectivity index (χ0) is 22.1. The molecule has 1 aliphatic rings. The first kappa shape index (κ1) is 22.0. The Labute approximate surface area is 177 Å². The maximum atomic E-state index is 12.7. The molecule has 2 heterocycles. The second kappa shape index (κ2) is 8.18. The molecule has 0 saturated carbocycles. The molecular weight excluding hydrogens is 386 g/mol. The van der Waals surface area contributed by atoms with Crippen LogP contribution in [0.3, 0.4) is 0 Å². The summed E-state index contributed by atoms with van der Waals surface area (Å²) in [5.74, 6) is 0. The van der Waals surface area contributed by atoms with Crippen molar-refractivity contribution in [2.24, 2.45) is 0 Å². The molecule has 0 atom stereocenters. The van der Waals surface area contributed by atoms with Gasteiger partial charge in [-0.25, -0.2) is 9.59 Å². The fraction of sp³-hybridized carbons (Fsp3) is 0.545. The van der Waals surface area contributed by atoms with Gasteiger partial charge in [-0.2, -0.15) is 0 Å². The van der Waals surface area contributed by atoms with Crippen molar-refractivity contribution in [3.8, 4) is 0 Å². The molecule has 0 bridgehead atoms. The van der Waals surface area contributed by atoms with E-state index in [-0.39, 0.29) is 0 Å². The van der Waals surface area contributed by atoms with Crippen molar-refractivity contribution in [1.82, 2.24) is 4.57 Å². The molecule has 8 nitrogen and oxygen atoms in total. The summed E-state index contributed by atoms with van der Waals surface area (Å²) in [6, 6.07) is 5.62. The Morgan fingerprint density at radius 2 is 1.63 bits per heavy atom. The first-order valence-corrected chi connectivity index (χ1v) is 10.1. The predicted molar refractivity (Wildman–Crippen MR) is 116 cm³/mol. The summed E-state index contributed by atoms with van der Waals surface area (Å²) < 4.78 is 17.9. The van der Waals surface area contributed by atoms with Crippen LogP contribution in [0.5, 0.6) is 0 Å². The molecule has 0 aliphatic carbocycles. The average Bonchev–Trinajstić information content (AvgIpc) is 3.04.